The number of hydrazone groups is 1. The monoisotopic (exact) mass is 327 g/mol. The highest BCUT2D eigenvalue weighted by molar-refractivity contribution is 7.00. The molecule has 2 amide bonds. The van der Waals surface area contributed by atoms with Crippen LogP contribution < -0.4 is 15.5 Å². The molecular formula is C15H13N5O2S. The number of aromatic nitrogens is 2. The second-order valence-corrected chi connectivity index (χ2v) is 5.06. The van der Waals surface area contributed by atoms with Crippen LogP contribution in [0.3, 0.4) is 0 Å². The molecule has 23 heavy (non-hydrogen) atoms. The van der Waals surface area contributed by atoms with Crippen molar-refractivity contribution in [2.24, 2.45) is 5.10 Å². The molecule has 1 aromatic heterocycles. The van der Waals surface area contributed by atoms with Crippen LogP contribution in [-0.2, 0) is 0 Å². The minimum Gasteiger partial charge on any atom is -0.497 e. The van der Waals surface area contributed by atoms with Crippen molar-refractivity contribution in [2.45, 2.75) is 0 Å². The van der Waals surface area contributed by atoms with Gasteiger partial charge in [-0.15, -0.1) is 0 Å². The predicted octanol–water partition coefficient (Wildman–Crippen LogP) is 2.86. The number of carbonyl (C=O) groups excluding carboxylic acids is 1. The summed E-state index contributed by atoms with van der Waals surface area (Å²) < 4.78 is 13.3. The van der Waals surface area contributed by atoms with Gasteiger partial charge in [0.15, 0.2) is 0 Å². The molecule has 0 aliphatic carbocycles. The number of hydrogen-bond acceptors (Lipinski definition) is 6. The third kappa shape index (κ3) is 3.61. The number of nitrogens with zero attached hydrogens (tertiary/aromatic N) is 3. The summed E-state index contributed by atoms with van der Waals surface area (Å²) in [4.78, 5) is 11.9. The maximum atomic E-state index is 11.9. The number of benzene rings is 2. The van der Waals surface area contributed by atoms with Gasteiger partial charge in [-0.25, -0.2) is 10.2 Å². The zero-order valence-corrected chi connectivity index (χ0v) is 13.0. The molecule has 0 spiro atoms. The lowest BCUT2D eigenvalue weighted by atomic mass is 10.2. The SMILES string of the molecule is COc1ccc(C=NNC(=O)Nc2cccc3nsnc23)cc1. The number of fused-ring (bicyclic) bond motifs is 1. The zero-order valence-electron chi connectivity index (χ0n) is 12.2. The van der Waals surface area contributed by atoms with Crippen LogP contribution in [0.2, 0.25) is 0 Å². The van der Waals surface area contributed by atoms with Crippen molar-refractivity contribution < 1.29 is 9.53 Å². The molecule has 0 saturated heterocycles. The highest BCUT2D eigenvalue weighted by atomic mass is 32.1. The fourth-order valence-electron chi connectivity index (χ4n) is 1.91. The van der Waals surface area contributed by atoms with Crippen molar-refractivity contribution in [3.05, 3.63) is 48.0 Å². The largest absolute Gasteiger partial charge is 0.497 e. The van der Waals surface area contributed by atoms with Gasteiger partial charge in [-0.3, -0.25) is 0 Å². The Morgan fingerprint density at radius 2 is 2.04 bits per heavy atom. The molecule has 0 saturated carbocycles. The van der Waals surface area contributed by atoms with Gasteiger partial charge in [-0.05, 0) is 42.0 Å². The first kappa shape index (κ1) is 14.9. The number of rotatable bonds is 4. The van der Waals surface area contributed by atoms with Gasteiger partial charge in [-0.2, -0.15) is 13.8 Å². The first-order valence-corrected chi connectivity index (χ1v) is 7.45. The summed E-state index contributed by atoms with van der Waals surface area (Å²) in [6, 6.07) is 12.3. The number of urea groups is 1. The summed E-state index contributed by atoms with van der Waals surface area (Å²) in [6.07, 6.45) is 1.55. The summed E-state index contributed by atoms with van der Waals surface area (Å²) in [7, 11) is 1.60. The van der Waals surface area contributed by atoms with E-state index in [-0.39, 0.29) is 0 Å². The first-order valence-electron chi connectivity index (χ1n) is 6.71. The van der Waals surface area contributed by atoms with E-state index in [4.69, 9.17) is 4.74 Å². The molecule has 0 bridgehead atoms. The van der Waals surface area contributed by atoms with Crippen LogP contribution in [0.15, 0.2) is 47.6 Å². The maximum absolute atomic E-state index is 11.9. The molecule has 7 nitrogen and oxygen atoms in total. The molecule has 0 unspecified atom stereocenters. The maximum Gasteiger partial charge on any atom is 0.339 e. The van der Waals surface area contributed by atoms with Gasteiger partial charge in [0.1, 0.15) is 16.8 Å². The Morgan fingerprint density at radius 1 is 1.22 bits per heavy atom. The van der Waals surface area contributed by atoms with E-state index in [1.165, 1.54) is 0 Å². The van der Waals surface area contributed by atoms with E-state index in [2.05, 4.69) is 24.6 Å². The number of carbonyl (C=O) groups is 1. The Bertz CT molecular complexity index is 844. The molecule has 0 aliphatic rings. The van der Waals surface area contributed by atoms with Gasteiger partial charge in [-0.1, -0.05) is 6.07 Å². The number of ether oxygens (including phenoxy) is 1. The first-order chi connectivity index (χ1) is 11.3. The van der Waals surface area contributed by atoms with Crippen LogP contribution in [0.4, 0.5) is 10.5 Å². The van der Waals surface area contributed by atoms with Crippen molar-refractivity contribution in [1.29, 1.82) is 0 Å². The molecule has 116 valence electrons. The summed E-state index contributed by atoms with van der Waals surface area (Å²) in [5, 5.41) is 6.60. The molecule has 8 heteroatoms. The van der Waals surface area contributed by atoms with E-state index in [1.807, 2.05) is 30.3 Å². The van der Waals surface area contributed by atoms with Crippen molar-refractivity contribution >= 4 is 40.7 Å². The van der Waals surface area contributed by atoms with Gasteiger partial charge in [0.05, 0.1) is 30.7 Å². The molecule has 0 radical (unpaired) electrons. The second-order valence-electron chi connectivity index (χ2n) is 4.53. The Hall–Kier alpha value is -3.00. The van der Waals surface area contributed by atoms with E-state index < -0.39 is 6.03 Å². The lowest BCUT2D eigenvalue weighted by Gasteiger charge is -2.04. The molecule has 1 heterocycles. The number of hydrogen-bond donors (Lipinski definition) is 2. The van der Waals surface area contributed by atoms with Gasteiger partial charge in [0, 0.05) is 0 Å². The van der Waals surface area contributed by atoms with E-state index in [9.17, 15) is 4.79 Å². The zero-order chi connectivity index (χ0) is 16.1. The molecule has 2 aromatic carbocycles. The third-order valence-corrected chi connectivity index (χ3v) is 3.57. The van der Waals surface area contributed by atoms with E-state index in [0.29, 0.717) is 11.2 Å². The Labute approximate surface area is 136 Å². The lowest BCUT2D eigenvalue weighted by molar-refractivity contribution is 0.252. The van der Waals surface area contributed by atoms with Crippen LogP contribution >= 0.6 is 11.7 Å². The lowest BCUT2D eigenvalue weighted by Crippen LogP contribution is -2.24. The van der Waals surface area contributed by atoms with Gasteiger partial charge >= 0.3 is 6.03 Å². The molecule has 3 aromatic rings. The minimum absolute atomic E-state index is 0.449. The smallest absolute Gasteiger partial charge is 0.339 e. The predicted molar refractivity (Wildman–Crippen MR) is 90.2 cm³/mol. The summed E-state index contributed by atoms with van der Waals surface area (Å²) in [5.41, 5.74) is 5.25. The van der Waals surface area contributed by atoms with Crippen LogP contribution in [0.1, 0.15) is 5.56 Å². The third-order valence-electron chi connectivity index (χ3n) is 3.03. The van der Waals surface area contributed by atoms with Crippen molar-refractivity contribution in [3.63, 3.8) is 0 Å². The van der Waals surface area contributed by atoms with Gasteiger partial charge < -0.3 is 10.1 Å². The highest BCUT2D eigenvalue weighted by Crippen LogP contribution is 2.20. The number of methoxy groups -OCH3 is 1. The quantitative estimate of drug-likeness (QED) is 0.569. The van der Waals surface area contributed by atoms with E-state index in [1.54, 1.807) is 25.5 Å². The summed E-state index contributed by atoms with van der Waals surface area (Å²) in [5.74, 6) is 0.762. The molecular weight excluding hydrogens is 314 g/mol. The van der Waals surface area contributed by atoms with Crippen LogP contribution in [-0.4, -0.2) is 28.1 Å². The second kappa shape index (κ2) is 6.84. The fraction of sp³-hybridized carbons (Fsp3) is 0.0667. The van der Waals surface area contributed by atoms with E-state index >= 15 is 0 Å². The van der Waals surface area contributed by atoms with Gasteiger partial charge in [0.2, 0.25) is 0 Å². The molecule has 0 fully saturated rings. The number of anilines is 1. The summed E-state index contributed by atoms with van der Waals surface area (Å²) >= 11 is 1.10. The highest BCUT2D eigenvalue weighted by Gasteiger charge is 2.07. The van der Waals surface area contributed by atoms with Crippen LogP contribution in [0.25, 0.3) is 11.0 Å². The Kier molecular flexibility index (Phi) is 4.44. The standard InChI is InChI=1S/C15H13N5O2S/c1-22-11-7-5-10(6-8-11)9-16-18-15(21)17-12-3-2-4-13-14(12)20-23-19-13/h2-9H,1H3,(H2,17,18,21). The number of nitrogens with one attached hydrogen (secondary N) is 2. The van der Waals surface area contributed by atoms with Crippen molar-refractivity contribution in [2.75, 3.05) is 12.4 Å². The fourth-order valence-corrected chi connectivity index (χ4v) is 2.46. The average molecular weight is 327 g/mol. The topological polar surface area (TPSA) is 88.5 Å². The van der Waals surface area contributed by atoms with Crippen LogP contribution in [0.5, 0.6) is 5.75 Å². The molecule has 0 atom stereocenters. The molecule has 0 aliphatic heterocycles. The van der Waals surface area contributed by atoms with Gasteiger partial charge in [0.25, 0.3) is 0 Å². The normalized spacial score (nSPS) is 10.8. The Balaban J connectivity index is 1.61. The van der Waals surface area contributed by atoms with Crippen molar-refractivity contribution in [3.8, 4) is 5.75 Å². The number of amides is 2. The summed E-state index contributed by atoms with van der Waals surface area (Å²) in [6.45, 7) is 0. The molecule has 2 N–H and O–H groups in total. The molecule has 3 rings (SSSR count). The minimum atomic E-state index is -0.449. The Morgan fingerprint density at radius 3 is 2.83 bits per heavy atom. The van der Waals surface area contributed by atoms with Crippen LogP contribution in [0, 0.1) is 0 Å². The average Bonchev–Trinajstić information content (AvgIpc) is 3.05. The van der Waals surface area contributed by atoms with E-state index in [0.717, 1.165) is 28.6 Å². The van der Waals surface area contributed by atoms with Crippen molar-refractivity contribution in [1.82, 2.24) is 14.2 Å².